The standard InChI is InChI=1S/C33H37NO6/c1-19(2)20-9-13-23(14-10-20)34-29(21-11-15-26(39-7)27(17-21)40-8)28(31(36)32(34)37)30(35)24-18-22(33(3,4)5)12-16-25(24)38-6/h9-19,29,35H,1-8H3/b30-28+. The number of Topliss-reactive ketones (excluding diaryl/α,β-unsaturated/α-hetero) is 1. The van der Waals surface area contributed by atoms with Gasteiger partial charge in [0.2, 0.25) is 0 Å². The molecule has 1 amide bonds. The summed E-state index contributed by atoms with van der Waals surface area (Å²) in [4.78, 5) is 28.8. The highest BCUT2D eigenvalue weighted by atomic mass is 16.5. The van der Waals surface area contributed by atoms with Gasteiger partial charge >= 0.3 is 0 Å². The summed E-state index contributed by atoms with van der Waals surface area (Å²) < 4.78 is 16.5. The molecule has 0 radical (unpaired) electrons. The molecule has 0 aliphatic carbocycles. The van der Waals surface area contributed by atoms with E-state index in [0.717, 1.165) is 11.1 Å². The van der Waals surface area contributed by atoms with E-state index in [1.54, 1.807) is 24.3 Å². The number of carbonyl (C=O) groups is 2. The number of nitrogens with zero attached hydrogens (tertiary/aromatic N) is 1. The zero-order valence-electron chi connectivity index (χ0n) is 24.4. The summed E-state index contributed by atoms with van der Waals surface area (Å²) >= 11 is 0. The van der Waals surface area contributed by atoms with E-state index in [1.807, 2.05) is 36.4 Å². The third kappa shape index (κ3) is 5.16. The van der Waals surface area contributed by atoms with Crippen molar-refractivity contribution in [1.82, 2.24) is 0 Å². The Hall–Kier alpha value is -4.26. The number of amides is 1. The molecule has 1 heterocycles. The van der Waals surface area contributed by atoms with Crippen LogP contribution in [0, 0.1) is 0 Å². The third-order valence-corrected chi connectivity index (χ3v) is 7.33. The SMILES string of the molecule is COc1ccc(C2/C(=C(\O)c3cc(C(C)(C)C)ccc3OC)C(=O)C(=O)N2c2ccc(C(C)C)cc2)cc1OC. The Balaban J connectivity index is 2.00. The van der Waals surface area contributed by atoms with Crippen LogP contribution in [0.2, 0.25) is 0 Å². The Bertz CT molecular complexity index is 1460. The van der Waals surface area contributed by atoms with Gasteiger partial charge in [-0.3, -0.25) is 14.5 Å². The molecule has 1 aliphatic heterocycles. The van der Waals surface area contributed by atoms with Gasteiger partial charge < -0.3 is 19.3 Å². The fourth-order valence-corrected chi connectivity index (χ4v) is 4.96. The molecule has 210 valence electrons. The Morgan fingerprint density at radius 3 is 1.98 bits per heavy atom. The lowest BCUT2D eigenvalue weighted by Crippen LogP contribution is -2.29. The summed E-state index contributed by atoms with van der Waals surface area (Å²) in [5, 5.41) is 11.8. The average Bonchev–Trinajstić information content (AvgIpc) is 3.21. The van der Waals surface area contributed by atoms with Gasteiger partial charge in [0.15, 0.2) is 11.5 Å². The summed E-state index contributed by atoms with van der Waals surface area (Å²) in [6.07, 6.45) is 0. The highest BCUT2D eigenvalue weighted by molar-refractivity contribution is 6.51. The van der Waals surface area contributed by atoms with E-state index >= 15 is 0 Å². The maximum absolute atomic E-state index is 13.7. The van der Waals surface area contributed by atoms with Gasteiger partial charge in [0.05, 0.1) is 38.5 Å². The molecule has 7 heteroatoms. The number of benzene rings is 3. The molecule has 7 nitrogen and oxygen atoms in total. The monoisotopic (exact) mass is 543 g/mol. The fraction of sp³-hybridized carbons (Fsp3) is 0.333. The van der Waals surface area contributed by atoms with Crippen LogP contribution in [0.25, 0.3) is 5.76 Å². The summed E-state index contributed by atoms with van der Waals surface area (Å²) in [6, 6.07) is 17.3. The summed E-state index contributed by atoms with van der Waals surface area (Å²) in [6.45, 7) is 10.3. The van der Waals surface area contributed by atoms with Gasteiger partial charge in [-0.05, 0) is 64.4 Å². The molecule has 0 bridgehead atoms. The summed E-state index contributed by atoms with van der Waals surface area (Å²) in [5.74, 6) is -0.185. The van der Waals surface area contributed by atoms with E-state index < -0.39 is 17.7 Å². The quantitative estimate of drug-likeness (QED) is 0.201. The van der Waals surface area contributed by atoms with Crippen molar-refractivity contribution >= 4 is 23.1 Å². The van der Waals surface area contributed by atoms with Crippen LogP contribution in [0.3, 0.4) is 0 Å². The first-order valence-electron chi connectivity index (χ1n) is 13.2. The van der Waals surface area contributed by atoms with Gasteiger partial charge in [-0.15, -0.1) is 0 Å². The molecular formula is C33H37NO6. The molecule has 0 spiro atoms. The molecule has 1 N–H and O–H groups in total. The third-order valence-electron chi connectivity index (χ3n) is 7.33. The van der Waals surface area contributed by atoms with E-state index in [0.29, 0.717) is 40.0 Å². The van der Waals surface area contributed by atoms with Crippen LogP contribution < -0.4 is 19.1 Å². The smallest absolute Gasteiger partial charge is 0.300 e. The van der Waals surface area contributed by atoms with Gasteiger partial charge in [-0.2, -0.15) is 0 Å². The van der Waals surface area contributed by atoms with Crippen LogP contribution in [0.15, 0.2) is 66.2 Å². The van der Waals surface area contributed by atoms with E-state index in [4.69, 9.17) is 14.2 Å². The maximum Gasteiger partial charge on any atom is 0.300 e. The van der Waals surface area contributed by atoms with Crippen LogP contribution >= 0.6 is 0 Å². The van der Waals surface area contributed by atoms with Gasteiger partial charge in [-0.25, -0.2) is 0 Å². The van der Waals surface area contributed by atoms with Gasteiger partial charge in [-0.1, -0.05) is 58.9 Å². The number of aliphatic hydroxyl groups excluding tert-OH is 1. The van der Waals surface area contributed by atoms with E-state index in [-0.39, 0.29) is 16.7 Å². The maximum atomic E-state index is 13.7. The van der Waals surface area contributed by atoms with Crippen molar-refractivity contribution in [3.63, 3.8) is 0 Å². The minimum atomic E-state index is -0.923. The molecular weight excluding hydrogens is 506 g/mol. The summed E-state index contributed by atoms with van der Waals surface area (Å²) in [7, 11) is 4.56. The number of hydrogen-bond acceptors (Lipinski definition) is 6. The van der Waals surface area contributed by atoms with Crippen molar-refractivity contribution in [3.05, 3.63) is 88.5 Å². The molecule has 40 heavy (non-hydrogen) atoms. The van der Waals surface area contributed by atoms with E-state index in [9.17, 15) is 14.7 Å². The molecule has 0 aromatic heterocycles. The predicted molar refractivity (Wildman–Crippen MR) is 157 cm³/mol. The molecule has 3 aromatic rings. The molecule has 1 unspecified atom stereocenters. The Morgan fingerprint density at radius 2 is 1.43 bits per heavy atom. The topological polar surface area (TPSA) is 85.3 Å². The molecule has 1 saturated heterocycles. The zero-order valence-corrected chi connectivity index (χ0v) is 24.4. The van der Waals surface area contributed by atoms with E-state index in [2.05, 4.69) is 34.6 Å². The van der Waals surface area contributed by atoms with Crippen LogP contribution in [-0.4, -0.2) is 38.1 Å². The molecule has 0 saturated carbocycles. The Kier molecular flexibility index (Phi) is 7.96. The van der Waals surface area contributed by atoms with Crippen molar-refractivity contribution in [2.45, 2.75) is 52.0 Å². The molecule has 1 atom stereocenters. The molecule has 4 rings (SSSR count). The number of carbonyl (C=O) groups excluding carboxylic acids is 2. The lowest BCUT2D eigenvalue weighted by Gasteiger charge is -2.27. The summed E-state index contributed by atoms with van der Waals surface area (Å²) in [5.41, 5.74) is 3.25. The minimum absolute atomic E-state index is 0.0329. The zero-order chi connectivity index (χ0) is 29.4. The van der Waals surface area contributed by atoms with Crippen molar-refractivity contribution in [2.24, 2.45) is 0 Å². The van der Waals surface area contributed by atoms with Crippen LogP contribution in [0.1, 0.15) is 68.8 Å². The van der Waals surface area contributed by atoms with Crippen molar-refractivity contribution in [1.29, 1.82) is 0 Å². The van der Waals surface area contributed by atoms with Crippen molar-refractivity contribution < 1.29 is 28.9 Å². The number of anilines is 1. The Labute approximate surface area is 236 Å². The first-order valence-corrected chi connectivity index (χ1v) is 13.2. The first kappa shape index (κ1) is 28.7. The number of ketones is 1. The largest absolute Gasteiger partial charge is 0.507 e. The Morgan fingerprint density at radius 1 is 0.825 bits per heavy atom. The van der Waals surface area contributed by atoms with Crippen LogP contribution in [-0.2, 0) is 15.0 Å². The van der Waals surface area contributed by atoms with Crippen molar-refractivity contribution in [2.75, 3.05) is 26.2 Å². The second-order valence-corrected chi connectivity index (χ2v) is 11.2. The number of methoxy groups -OCH3 is 3. The first-order chi connectivity index (χ1) is 18.9. The highest BCUT2D eigenvalue weighted by Crippen LogP contribution is 2.45. The number of hydrogen-bond donors (Lipinski definition) is 1. The fourth-order valence-electron chi connectivity index (χ4n) is 4.96. The minimum Gasteiger partial charge on any atom is -0.507 e. The second-order valence-electron chi connectivity index (χ2n) is 11.2. The second kappa shape index (κ2) is 11.1. The number of rotatable bonds is 7. The van der Waals surface area contributed by atoms with E-state index in [1.165, 1.54) is 26.2 Å². The van der Waals surface area contributed by atoms with Crippen LogP contribution in [0.4, 0.5) is 5.69 Å². The van der Waals surface area contributed by atoms with Gasteiger partial charge in [0.25, 0.3) is 11.7 Å². The van der Waals surface area contributed by atoms with Crippen LogP contribution in [0.5, 0.6) is 17.2 Å². The number of aliphatic hydroxyl groups is 1. The van der Waals surface area contributed by atoms with Gasteiger partial charge in [0.1, 0.15) is 11.5 Å². The van der Waals surface area contributed by atoms with Gasteiger partial charge in [0, 0.05) is 5.69 Å². The average molecular weight is 544 g/mol. The van der Waals surface area contributed by atoms with Crippen molar-refractivity contribution in [3.8, 4) is 17.2 Å². The lowest BCUT2D eigenvalue weighted by molar-refractivity contribution is -0.132. The normalized spacial score (nSPS) is 16.9. The highest BCUT2D eigenvalue weighted by Gasteiger charge is 2.47. The number of ether oxygens (including phenoxy) is 3. The lowest BCUT2D eigenvalue weighted by atomic mass is 9.85. The molecule has 3 aromatic carbocycles. The molecule has 1 fully saturated rings. The molecule has 1 aliphatic rings. The predicted octanol–water partition coefficient (Wildman–Crippen LogP) is 6.76.